The Hall–Kier alpha value is -3.43. The Balaban J connectivity index is 1.49. The van der Waals surface area contributed by atoms with Crippen LogP contribution in [0.4, 0.5) is 5.82 Å². The van der Waals surface area contributed by atoms with Gasteiger partial charge in [0.05, 0.1) is 30.5 Å². The van der Waals surface area contributed by atoms with Crippen molar-refractivity contribution in [2.45, 2.75) is 45.1 Å². The molecule has 1 aromatic carbocycles. The van der Waals surface area contributed by atoms with Crippen LogP contribution < -0.4 is 5.73 Å². The molecule has 3 heterocycles. The van der Waals surface area contributed by atoms with E-state index in [-0.39, 0.29) is 18.1 Å². The van der Waals surface area contributed by atoms with Crippen LogP contribution in [0.15, 0.2) is 36.5 Å². The van der Waals surface area contributed by atoms with E-state index < -0.39 is 0 Å². The van der Waals surface area contributed by atoms with E-state index >= 15 is 0 Å². The number of nitrogens with zero attached hydrogens (tertiary/aromatic N) is 3. The molecule has 150 valence electrons. The molecule has 3 aromatic rings. The highest BCUT2D eigenvalue weighted by Crippen LogP contribution is 2.38. The average molecular weight is 398 g/mol. The molecule has 1 atom stereocenters. The number of fused-ring (bicyclic) bond motifs is 3. The number of ether oxygens (including phenoxy) is 1. The van der Waals surface area contributed by atoms with Crippen molar-refractivity contribution >= 4 is 22.6 Å². The van der Waals surface area contributed by atoms with Crippen molar-refractivity contribution in [1.82, 2.24) is 14.9 Å². The van der Waals surface area contributed by atoms with E-state index in [4.69, 9.17) is 16.9 Å². The highest BCUT2D eigenvalue weighted by Gasteiger charge is 2.34. The normalized spacial score (nSPS) is 17.5. The van der Waals surface area contributed by atoms with Crippen LogP contribution in [0.3, 0.4) is 0 Å². The second-order valence-electron chi connectivity index (χ2n) is 7.92. The van der Waals surface area contributed by atoms with Crippen molar-refractivity contribution in [3.63, 3.8) is 0 Å². The van der Waals surface area contributed by atoms with E-state index in [1.54, 1.807) is 6.20 Å². The first-order chi connectivity index (χ1) is 14.5. The van der Waals surface area contributed by atoms with Gasteiger partial charge in [0, 0.05) is 34.3 Å². The maximum atomic E-state index is 13.4. The molecule has 30 heavy (non-hydrogen) atoms. The molecule has 2 N–H and O–H groups in total. The maximum Gasteiger partial charge on any atom is 0.254 e. The lowest BCUT2D eigenvalue weighted by atomic mass is 10.00. The van der Waals surface area contributed by atoms with E-state index in [0.717, 1.165) is 46.1 Å². The molecular weight excluding hydrogens is 376 g/mol. The largest absolute Gasteiger partial charge is 0.383 e. The number of hydrogen-bond donors (Lipinski definition) is 1. The third-order valence-electron chi connectivity index (χ3n) is 5.87. The highest BCUT2D eigenvalue weighted by atomic mass is 16.5. The van der Waals surface area contributed by atoms with Gasteiger partial charge in [-0.25, -0.2) is 4.98 Å². The lowest BCUT2D eigenvalue weighted by Crippen LogP contribution is -2.33. The minimum Gasteiger partial charge on any atom is -0.383 e. The summed E-state index contributed by atoms with van der Waals surface area (Å²) in [6.07, 6.45) is 9.02. The Kier molecular flexibility index (Phi) is 4.41. The zero-order valence-electron chi connectivity index (χ0n) is 16.8. The van der Waals surface area contributed by atoms with E-state index in [1.165, 1.54) is 0 Å². The number of nitrogens with two attached hydrogens (primary N) is 1. The standard InChI is InChI=1S/C24H22N4O2/c1-3-15-4-6-17(26-11-15)12-28(18-7-8-18)24(29)16-5-9-21-19(10-16)20-13-30-14(2)22(20)23(25)27-21/h1,4-6,9-11,14,18H,7-8,12-13H2,2H3,(H2,25,27). The van der Waals surface area contributed by atoms with Gasteiger partial charge in [-0.15, -0.1) is 6.42 Å². The van der Waals surface area contributed by atoms with E-state index in [2.05, 4.69) is 15.9 Å². The van der Waals surface area contributed by atoms with Gasteiger partial charge in [-0.05, 0) is 55.7 Å². The third kappa shape index (κ3) is 3.17. The third-order valence-corrected chi connectivity index (χ3v) is 5.87. The fourth-order valence-corrected chi connectivity index (χ4v) is 4.10. The summed E-state index contributed by atoms with van der Waals surface area (Å²) in [6, 6.07) is 9.61. The molecule has 0 radical (unpaired) electrons. The van der Waals surface area contributed by atoms with Gasteiger partial charge in [-0.1, -0.05) is 5.92 Å². The lowest BCUT2D eigenvalue weighted by molar-refractivity contribution is 0.0727. The molecule has 1 fully saturated rings. The molecule has 6 heteroatoms. The van der Waals surface area contributed by atoms with Gasteiger partial charge in [0.25, 0.3) is 5.91 Å². The lowest BCUT2D eigenvalue weighted by Gasteiger charge is -2.22. The van der Waals surface area contributed by atoms with Crippen molar-refractivity contribution < 1.29 is 9.53 Å². The summed E-state index contributed by atoms with van der Waals surface area (Å²) in [5, 5.41) is 0.932. The van der Waals surface area contributed by atoms with Crippen LogP contribution in [0.25, 0.3) is 10.9 Å². The summed E-state index contributed by atoms with van der Waals surface area (Å²) in [4.78, 5) is 24.3. The number of anilines is 1. The Morgan fingerprint density at radius 1 is 1.33 bits per heavy atom. The molecule has 1 amide bonds. The summed E-state index contributed by atoms with van der Waals surface area (Å²) in [5.74, 6) is 3.07. The average Bonchev–Trinajstić information content (AvgIpc) is 3.53. The Labute approximate surface area is 175 Å². The second kappa shape index (κ2) is 7.12. The number of aromatic nitrogens is 2. The van der Waals surface area contributed by atoms with Crippen LogP contribution in [-0.4, -0.2) is 26.8 Å². The Morgan fingerprint density at radius 3 is 2.87 bits per heavy atom. The molecule has 0 spiro atoms. The van der Waals surface area contributed by atoms with Crippen LogP contribution in [-0.2, 0) is 17.9 Å². The van der Waals surface area contributed by atoms with E-state index in [1.807, 2.05) is 42.2 Å². The van der Waals surface area contributed by atoms with Crippen LogP contribution in [0.5, 0.6) is 0 Å². The van der Waals surface area contributed by atoms with Crippen molar-refractivity contribution in [2.24, 2.45) is 0 Å². The number of amides is 1. The first kappa shape index (κ1) is 18.6. The van der Waals surface area contributed by atoms with Gasteiger partial charge in [-0.2, -0.15) is 0 Å². The van der Waals surface area contributed by atoms with Gasteiger partial charge in [-0.3, -0.25) is 9.78 Å². The summed E-state index contributed by atoms with van der Waals surface area (Å²) in [5.41, 5.74) is 11.1. The van der Waals surface area contributed by atoms with Gasteiger partial charge >= 0.3 is 0 Å². The van der Waals surface area contributed by atoms with Gasteiger partial charge in [0.1, 0.15) is 5.82 Å². The van der Waals surface area contributed by atoms with Crippen molar-refractivity contribution in [3.05, 3.63) is 64.5 Å². The molecule has 0 bridgehead atoms. The summed E-state index contributed by atoms with van der Waals surface area (Å²) in [7, 11) is 0. The fraction of sp³-hybridized carbons (Fsp3) is 0.292. The minimum atomic E-state index is -0.0868. The van der Waals surface area contributed by atoms with E-state index in [0.29, 0.717) is 24.5 Å². The molecule has 6 nitrogen and oxygen atoms in total. The molecular formula is C24H22N4O2. The quantitative estimate of drug-likeness (QED) is 0.679. The zero-order chi connectivity index (χ0) is 20.8. The van der Waals surface area contributed by atoms with Gasteiger partial charge in [0.15, 0.2) is 0 Å². The van der Waals surface area contributed by atoms with Gasteiger partial charge in [0.2, 0.25) is 0 Å². The number of hydrogen-bond acceptors (Lipinski definition) is 5. The second-order valence-corrected chi connectivity index (χ2v) is 7.92. The van der Waals surface area contributed by atoms with Crippen LogP contribution in [0, 0.1) is 12.3 Å². The number of carbonyl (C=O) groups excluding carboxylic acids is 1. The Morgan fingerprint density at radius 2 is 2.17 bits per heavy atom. The monoisotopic (exact) mass is 398 g/mol. The predicted octanol–water partition coefficient (Wildman–Crippen LogP) is 3.59. The molecule has 1 unspecified atom stereocenters. The predicted molar refractivity (Wildman–Crippen MR) is 114 cm³/mol. The first-order valence-electron chi connectivity index (χ1n) is 10.1. The summed E-state index contributed by atoms with van der Waals surface area (Å²) < 4.78 is 5.77. The van der Waals surface area contributed by atoms with Gasteiger partial charge < -0.3 is 15.4 Å². The molecule has 2 aromatic heterocycles. The zero-order valence-corrected chi connectivity index (χ0v) is 16.8. The van der Waals surface area contributed by atoms with Crippen molar-refractivity contribution in [3.8, 4) is 12.3 Å². The topological polar surface area (TPSA) is 81.3 Å². The maximum absolute atomic E-state index is 13.4. The molecule has 1 saturated carbocycles. The van der Waals surface area contributed by atoms with Crippen LogP contribution >= 0.6 is 0 Å². The molecule has 2 aliphatic rings. The first-order valence-corrected chi connectivity index (χ1v) is 10.1. The summed E-state index contributed by atoms with van der Waals surface area (Å²) in [6.45, 7) is 2.91. The number of pyridine rings is 2. The van der Waals surface area contributed by atoms with E-state index in [9.17, 15) is 4.79 Å². The molecule has 1 aliphatic heterocycles. The number of carbonyl (C=O) groups is 1. The number of nitrogen functional groups attached to an aromatic ring is 1. The van der Waals surface area contributed by atoms with Crippen molar-refractivity contribution in [2.75, 3.05) is 5.73 Å². The highest BCUT2D eigenvalue weighted by molar-refractivity contribution is 5.99. The van der Waals surface area contributed by atoms with Crippen LogP contribution in [0.1, 0.15) is 58.6 Å². The smallest absolute Gasteiger partial charge is 0.254 e. The Bertz CT molecular complexity index is 1190. The minimum absolute atomic E-state index is 0.000217. The number of benzene rings is 1. The van der Waals surface area contributed by atoms with Crippen molar-refractivity contribution in [1.29, 1.82) is 0 Å². The molecule has 1 aliphatic carbocycles. The SMILES string of the molecule is C#Cc1ccc(CN(C(=O)c2ccc3nc(N)c4c(c3c2)COC4C)C2CC2)nc1. The van der Waals surface area contributed by atoms with Crippen LogP contribution in [0.2, 0.25) is 0 Å². The fourth-order valence-electron chi connectivity index (χ4n) is 4.10. The molecule has 5 rings (SSSR count). The summed E-state index contributed by atoms with van der Waals surface area (Å²) >= 11 is 0. The molecule has 0 saturated heterocycles. The number of rotatable bonds is 4. The number of terminal acetylenes is 1.